The molecule has 4 nitrogen and oxygen atoms in total. The van der Waals surface area contributed by atoms with Gasteiger partial charge < -0.3 is 10.4 Å². The quantitative estimate of drug-likeness (QED) is 0.755. The normalized spacial score (nSPS) is 10.7. The van der Waals surface area contributed by atoms with Gasteiger partial charge in [-0.05, 0) is 29.8 Å². The summed E-state index contributed by atoms with van der Waals surface area (Å²) in [5, 5.41) is 17.0. The molecule has 4 heteroatoms. The first-order valence-corrected chi connectivity index (χ1v) is 6.89. The maximum absolute atomic E-state index is 9.24. The van der Waals surface area contributed by atoms with Crippen LogP contribution in [0.4, 0.5) is 0 Å². The molecule has 0 aliphatic carbocycles. The molecular formula is C17H17N3O. The van der Waals surface area contributed by atoms with Crippen LogP contribution in [0.15, 0.2) is 67.0 Å². The van der Waals surface area contributed by atoms with Crippen LogP contribution in [-0.4, -0.2) is 14.9 Å². The van der Waals surface area contributed by atoms with E-state index in [1.54, 1.807) is 12.1 Å². The number of nitrogens with zero attached hydrogens (tertiary/aromatic N) is 2. The minimum absolute atomic E-state index is 0.294. The lowest BCUT2D eigenvalue weighted by Crippen LogP contribution is -2.12. The third kappa shape index (κ3) is 3.49. The minimum atomic E-state index is 0.294. The Kier molecular flexibility index (Phi) is 3.98. The first kappa shape index (κ1) is 13.4. The number of phenols is 1. The number of phenolic OH excluding ortho intramolecular Hbond substituents is 1. The number of rotatable bonds is 5. The van der Waals surface area contributed by atoms with E-state index >= 15 is 0 Å². The molecule has 0 saturated heterocycles. The number of para-hydroxylation sites is 1. The van der Waals surface area contributed by atoms with Crippen LogP contribution >= 0.6 is 0 Å². The average Bonchev–Trinajstić information content (AvgIpc) is 2.99. The molecule has 0 unspecified atom stereocenters. The van der Waals surface area contributed by atoms with Crippen molar-refractivity contribution in [2.24, 2.45) is 0 Å². The maximum atomic E-state index is 9.24. The molecule has 3 rings (SSSR count). The maximum Gasteiger partial charge on any atom is 0.115 e. The van der Waals surface area contributed by atoms with E-state index in [1.807, 2.05) is 59.5 Å². The molecule has 0 saturated carbocycles. The van der Waals surface area contributed by atoms with Crippen LogP contribution in [-0.2, 0) is 13.1 Å². The Balaban J connectivity index is 1.57. The van der Waals surface area contributed by atoms with Gasteiger partial charge >= 0.3 is 0 Å². The highest BCUT2D eigenvalue weighted by molar-refractivity contribution is 5.31. The van der Waals surface area contributed by atoms with Crippen LogP contribution in [0.2, 0.25) is 0 Å². The molecule has 0 aliphatic rings. The zero-order valence-corrected chi connectivity index (χ0v) is 11.6. The Morgan fingerprint density at radius 2 is 1.62 bits per heavy atom. The summed E-state index contributed by atoms with van der Waals surface area (Å²) in [6, 6.07) is 17.3. The topological polar surface area (TPSA) is 50.1 Å². The van der Waals surface area contributed by atoms with E-state index < -0.39 is 0 Å². The molecule has 106 valence electrons. The van der Waals surface area contributed by atoms with Crippen molar-refractivity contribution in [3.63, 3.8) is 0 Å². The second-order valence-corrected chi connectivity index (χ2v) is 4.90. The lowest BCUT2D eigenvalue weighted by atomic mass is 10.2. The molecule has 2 aromatic carbocycles. The first-order chi connectivity index (χ1) is 10.3. The highest BCUT2D eigenvalue weighted by Crippen LogP contribution is 2.10. The largest absolute Gasteiger partial charge is 0.508 e. The molecule has 21 heavy (non-hydrogen) atoms. The van der Waals surface area contributed by atoms with Crippen molar-refractivity contribution < 1.29 is 5.11 Å². The van der Waals surface area contributed by atoms with Gasteiger partial charge in [-0.15, -0.1) is 0 Å². The summed E-state index contributed by atoms with van der Waals surface area (Å²) in [5.41, 5.74) is 3.34. The molecule has 0 radical (unpaired) electrons. The van der Waals surface area contributed by atoms with Crippen molar-refractivity contribution in [2.75, 3.05) is 0 Å². The van der Waals surface area contributed by atoms with Crippen LogP contribution < -0.4 is 5.32 Å². The fourth-order valence-corrected chi connectivity index (χ4v) is 2.14. The summed E-state index contributed by atoms with van der Waals surface area (Å²) < 4.78 is 1.87. The molecule has 1 aromatic heterocycles. The number of hydrogen-bond acceptors (Lipinski definition) is 3. The highest BCUT2D eigenvalue weighted by Gasteiger charge is 2.00. The Morgan fingerprint density at radius 3 is 2.38 bits per heavy atom. The van der Waals surface area contributed by atoms with Gasteiger partial charge in [0.2, 0.25) is 0 Å². The SMILES string of the molecule is Oc1ccc(CNCc2cnn(-c3ccccc3)c2)cc1. The van der Waals surface area contributed by atoms with Gasteiger partial charge in [-0.1, -0.05) is 30.3 Å². The number of hydrogen-bond donors (Lipinski definition) is 2. The van der Waals surface area contributed by atoms with E-state index in [0.717, 1.165) is 29.9 Å². The number of benzene rings is 2. The van der Waals surface area contributed by atoms with E-state index in [1.165, 1.54) is 0 Å². The second kappa shape index (κ2) is 6.24. The Hall–Kier alpha value is -2.59. The van der Waals surface area contributed by atoms with Crippen molar-refractivity contribution in [1.82, 2.24) is 15.1 Å². The van der Waals surface area contributed by atoms with Crippen molar-refractivity contribution in [3.8, 4) is 11.4 Å². The molecule has 0 aliphatic heterocycles. The van der Waals surface area contributed by atoms with Crippen molar-refractivity contribution >= 4 is 0 Å². The van der Waals surface area contributed by atoms with Gasteiger partial charge in [0.15, 0.2) is 0 Å². The summed E-state index contributed by atoms with van der Waals surface area (Å²) in [6.07, 6.45) is 3.90. The van der Waals surface area contributed by atoms with E-state index in [2.05, 4.69) is 10.4 Å². The predicted molar refractivity (Wildman–Crippen MR) is 82.2 cm³/mol. The number of aromatic hydroxyl groups is 1. The molecule has 0 atom stereocenters. The molecule has 3 aromatic rings. The summed E-state index contributed by atoms with van der Waals surface area (Å²) in [4.78, 5) is 0. The molecule has 2 N–H and O–H groups in total. The van der Waals surface area contributed by atoms with Crippen molar-refractivity contribution in [1.29, 1.82) is 0 Å². The van der Waals surface area contributed by atoms with E-state index in [4.69, 9.17) is 0 Å². The Bertz CT molecular complexity index is 690. The van der Waals surface area contributed by atoms with E-state index in [-0.39, 0.29) is 0 Å². The predicted octanol–water partition coefficient (Wildman–Crippen LogP) is 2.87. The Morgan fingerprint density at radius 1 is 0.905 bits per heavy atom. The van der Waals surface area contributed by atoms with Gasteiger partial charge in [-0.25, -0.2) is 4.68 Å². The molecule has 0 amide bonds. The van der Waals surface area contributed by atoms with E-state index in [0.29, 0.717) is 5.75 Å². The molecular weight excluding hydrogens is 262 g/mol. The van der Waals surface area contributed by atoms with Crippen molar-refractivity contribution in [3.05, 3.63) is 78.1 Å². The molecule has 0 bridgehead atoms. The van der Waals surface area contributed by atoms with Gasteiger partial charge in [-0.2, -0.15) is 5.10 Å². The summed E-state index contributed by atoms with van der Waals surface area (Å²) >= 11 is 0. The lowest BCUT2D eigenvalue weighted by Gasteiger charge is -2.03. The first-order valence-electron chi connectivity index (χ1n) is 6.89. The Labute approximate surface area is 123 Å². The van der Waals surface area contributed by atoms with Gasteiger partial charge in [0.05, 0.1) is 11.9 Å². The van der Waals surface area contributed by atoms with Gasteiger partial charge in [-0.3, -0.25) is 0 Å². The van der Waals surface area contributed by atoms with Gasteiger partial charge in [0.1, 0.15) is 5.75 Å². The molecule has 0 spiro atoms. The average molecular weight is 279 g/mol. The van der Waals surface area contributed by atoms with Crippen molar-refractivity contribution in [2.45, 2.75) is 13.1 Å². The summed E-state index contributed by atoms with van der Waals surface area (Å²) in [5.74, 6) is 0.294. The van der Waals surface area contributed by atoms with Crippen LogP contribution in [0, 0.1) is 0 Å². The second-order valence-electron chi connectivity index (χ2n) is 4.90. The van der Waals surface area contributed by atoms with Crippen LogP contribution in [0.3, 0.4) is 0 Å². The van der Waals surface area contributed by atoms with Crippen LogP contribution in [0.25, 0.3) is 5.69 Å². The van der Waals surface area contributed by atoms with Gasteiger partial charge in [0.25, 0.3) is 0 Å². The zero-order valence-electron chi connectivity index (χ0n) is 11.6. The van der Waals surface area contributed by atoms with Crippen LogP contribution in [0.1, 0.15) is 11.1 Å². The molecule has 0 fully saturated rings. The summed E-state index contributed by atoms with van der Waals surface area (Å²) in [7, 11) is 0. The zero-order chi connectivity index (χ0) is 14.5. The fourth-order valence-electron chi connectivity index (χ4n) is 2.14. The number of aromatic nitrogens is 2. The number of nitrogens with one attached hydrogen (secondary N) is 1. The molecule has 1 heterocycles. The lowest BCUT2D eigenvalue weighted by molar-refractivity contribution is 0.475. The third-order valence-electron chi connectivity index (χ3n) is 3.25. The third-order valence-corrected chi connectivity index (χ3v) is 3.25. The van der Waals surface area contributed by atoms with E-state index in [9.17, 15) is 5.11 Å². The summed E-state index contributed by atoms with van der Waals surface area (Å²) in [6.45, 7) is 1.52. The minimum Gasteiger partial charge on any atom is -0.508 e. The highest BCUT2D eigenvalue weighted by atomic mass is 16.3. The van der Waals surface area contributed by atoms with Crippen LogP contribution in [0.5, 0.6) is 5.75 Å². The smallest absolute Gasteiger partial charge is 0.115 e. The standard InChI is InChI=1S/C17H17N3O/c21-17-8-6-14(7-9-17)10-18-11-15-12-19-20(13-15)16-4-2-1-3-5-16/h1-9,12-13,18,21H,10-11H2. The fraction of sp³-hybridized carbons (Fsp3) is 0.118. The van der Waals surface area contributed by atoms with Gasteiger partial charge in [0, 0.05) is 24.8 Å². The monoisotopic (exact) mass is 279 g/mol.